The molecule has 0 aliphatic heterocycles. The number of aromatic nitrogens is 1. The highest BCUT2D eigenvalue weighted by atomic mass is 19.3. The normalized spacial score (nSPS) is 10.5. The third-order valence-electron chi connectivity index (χ3n) is 1.50. The van der Waals surface area contributed by atoms with E-state index in [2.05, 4.69) is 4.98 Å². The lowest BCUT2D eigenvalue weighted by atomic mass is 10.2. The fourth-order valence-electron chi connectivity index (χ4n) is 0.890. The van der Waals surface area contributed by atoms with Gasteiger partial charge in [-0.2, -0.15) is 0 Å². The minimum atomic E-state index is -2.65. The molecule has 0 amide bonds. The van der Waals surface area contributed by atoms with E-state index in [1.54, 1.807) is 0 Å². The van der Waals surface area contributed by atoms with Gasteiger partial charge in [0.15, 0.2) is 0 Å². The molecule has 0 bridgehead atoms. The summed E-state index contributed by atoms with van der Waals surface area (Å²) in [4.78, 5) is 3.52. The summed E-state index contributed by atoms with van der Waals surface area (Å²) < 4.78 is 29.1. The van der Waals surface area contributed by atoms with Crippen LogP contribution in [0.5, 0.6) is 5.88 Å². The Kier molecular flexibility index (Phi) is 3.13. The van der Waals surface area contributed by atoms with Gasteiger partial charge in [0.25, 0.3) is 6.43 Å². The maximum atomic E-state index is 12.2. The number of hydrogen-bond acceptors (Lipinski definition) is 3. The number of methoxy groups -OCH3 is 1. The number of pyridine rings is 1. The van der Waals surface area contributed by atoms with Gasteiger partial charge in [0.2, 0.25) is 5.88 Å². The number of halogens is 2. The van der Waals surface area contributed by atoms with Crippen molar-refractivity contribution in [1.29, 1.82) is 0 Å². The zero-order valence-electron chi connectivity index (χ0n) is 7.00. The molecular formula is C8H9F2NO2. The van der Waals surface area contributed by atoms with Crippen molar-refractivity contribution in [3.8, 4) is 5.88 Å². The van der Waals surface area contributed by atoms with E-state index in [1.807, 2.05) is 0 Å². The van der Waals surface area contributed by atoms with E-state index in [0.717, 1.165) is 6.07 Å². The molecule has 1 heterocycles. The molecule has 0 saturated heterocycles. The predicted molar refractivity (Wildman–Crippen MR) is 41.7 cm³/mol. The number of aliphatic hydroxyl groups excluding tert-OH is 1. The molecule has 0 unspecified atom stereocenters. The number of rotatable bonds is 3. The van der Waals surface area contributed by atoms with E-state index in [1.165, 1.54) is 13.2 Å². The van der Waals surface area contributed by atoms with Crippen LogP contribution in [0, 0.1) is 0 Å². The van der Waals surface area contributed by atoms with Crippen LogP contribution in [0.1, 0.15) is 17.7 Å². The van der Waals surface area contributed by atoms with Gasteiger partial charge in [-0.3, -0.25) is 0 Å². The third kappa shape index (κ3) is 2.35. The highest BCUT2D eigenvalue weighted by Gasteiger charge is 2.11. The number of alkyl halides is 2. The number of aliphatic hydroxyl groups is 1. The minimum absolute atomic E-state index is 0.0850. The number of hydrogen-bond donors (Lipinski definition) is 1. The maximum absolute atomic E-state index is 12.2. The van der Waals surface area contributed by atoms with Crippen LogP contribution in [0.15, 0.2) is 12.1 Å². The second-order valence-electron chi connectivity index (χ2n) is 2.40. The molecule has 13 heavy (non-hydrogen) atoms. The highest BCUT2D eigenvalue weighted by Crippen LogP contribution is 2.21. The van der Waals surface area contributed by atoms with Crippen LogP contribution in [-0.2, 0) is 6.61 Å². The molecule has 0 atom stereocenters. The monoisotopic (exact) mass is 189 g/mol. The summed E-state index contributed by atoms with van der Waals surface area (Å²) in [6.45, 7) is -0.307. The van der Waals surface area contributed by atoms with E-state index in [0.29, 0.717) is 5.56 Å². The Bertz CT molecular complexity index is 269. The van der Waals surface area contributed by atoms with Gasteiger partial charge in [-0.15, -0.1) is 0 Å². The first-order valence-corrected chi connectivity index (χ1v) is 3.61. The van der Waals surface area contributed by atoms with Crippen molar-refractivity contribution in [2.24, 2.45) is 0 Å². The summed E-state index contributed by atoms with van der Waals surface area (Å²) in [6, 6.07) is 2.55. The molecule has 1 aromatic rings. The molecule has 0 radical (unpaired) electrons. The average molecular weight is 189 g/mol. The number of nitrogens with zero attached hydrogens (tertiary/aromatic N) is 1. The van der Waals surface area contributed by atoms with Crippen LogP contribution in [-0.4, -0.2) is 17.2 Å². The molecule has 0 aromatic carbocycles. The molecule has 3 nitrogen and oxygen atoms in total. The second kappa shape index (κ2) is 4.13. The molecule has 0 fully saturated rings. The maximum Gasteiger partial charge on any atom is 0.280 e. The number of ether oxygens (including phenoxy) is 1. The summed E-state index contributed by atoms with van der Waals surface area (Å²) in [5.74, 6) is 0.0850. The molecule has 0 aliphatic carbocycles. The molecule has 0 aliphatic rings. The van der Waals surface area contributed by atoms with Crippen molar-refractivity contribution in [2.45, 2.75) is 13.0 Å². The third-order valence-corrected chi connectivity index (χ3v) is 1.50. The van der Waals surface area contributed by atoms with Crippen molar-refractivity contribution in [3.05, 3.63) is 23.4 Å². The summed E-state index contributed by atoms with van der Waals surface area (Å²) in [6.07, 6.45) is -2.65. The van der Waals surface area contributed by atoms with Gasteiger partial charge >= 0.3 is 0 Å². The lowest BCUT2D eigenvalue weighted by Gasteiger charge is -2.05. The fourth-order valence-corrected chi connectivity index (χ4v) is 0.890. The SMILES string of the molecule is COc1cc(CO)cc(C(F)F)n1. The first-order valence-electron chi connectivity index (χ1n) is 3.61. The van der Waals surface area contributed by atoms with Crippen LogP contribution in [0.4, 0.5) is 8.78 Å². The van der Waals surface area contributed by atoms with Gasteiger partial charge in [-0.25, -0.2) is 13.8 Å². The van der Waals surface area contributed by atoms with Crippen LogP contribution in [0.3, 0.4) is 0 Å². The summed E-state index contributed by atoms with van der Waals surface area (Å²) in [7, 11) is 1.33. The topological polar surface area (TPSA) is 42.4 Å². The Hall–Kier alpha value is -1.23. The first-order chi connectivity index (χ1) is 6.17. The first kappa shape index (κ1) is 9.85. The summed E-state index contributed by atoms with van der Waals surface area (Å²) >= 11 is 0. The van der Waals surface area contributed by atoms with E-state index in [4.69, 9.17) is 9.84 Å². The molecular weight excluding hydrogens is 180 g/mol. The quantitative estimate of drug-likeness (QED) is 0.783. The zero-order chi connectivity index (χ0) is 9.84. The van der Waals surface area contributed by atoms with E-state index in [9.17, 15) is 8.78 Å². The summed E-state index contributed by atoms with van der Waals surface area (Å²) in [5, 5.41) is 8.74. The van der Waals surface area contributed by atoms with Gasteiger partial charge in [0.05, 0.1) is 13.7 Å². The fraction of sp³-hybridized carbons (Fsp3) is 0.375. The standard InChI is InChI=1S/C8H9F2NO2/c1-13-7-3-5(4-12)2-6(11-7)8(9)10/h2-3,8,12H,4H2,1H3. The molecule has 5 heteroatoms. The van der Waals surface area contributed by atoms with Gasteiger partial charge < -0.3 is 9.84 Å². The van der Waals surface area contributed by atoms with E-state index in [-0.39, 0.29) is 18.2 Å². The zero-order valence-corrected chi connectivity index (χ0v) is 7.00. The Labute approximate surface area is 74.0 Å². The largest absolute Gasteiger partial charge is 0.481 e. The molecule has 1 aromatic heterocycles. The Morgan fingerprint density at radius 2 is 2.23 bits per heavy atom. The molecule has 72 valence electrons. The Morgan fingerprint density at radius 1 is 1.54 bits per heavy atom. The van der Waals surface area contributed by atoms with Crippen LogP contribution in [0.25, 0.3) is 0 Å². The lowest BCUT2D eigenvalue weighted by molar-refractivity contribution is 0.144. The molecule has 0 saturated carbocycles. The predicted octanol–water partition coefficient (Wildman–Crippen LogP) is 1.52. The average Bonchev–Trinajstić information content (AvgIpc) is 2.16. The highest BCUT2D eigenvalue weighted by molar-refractivity contribution is 5.25. The van der Waals surface area contributed by atoms with Crippen molar-refractivity contribution in [2.75, 3.05) is 7.11 Å². The van der Waals surface area contributed by atoms with Gasteiger partial charge in [-0.05, 0) is 11.6 Å². The lowest BCUT2D eigenvalue weighted by Crippen LogP contribution is -1.97. The van der Waals surface area contributed by atoms with E-state index < -0.39 is 6.43 Å². The Morgan fingerprint density at radius 3 is 2.69 bits per heavy atom. The molecule has 0 spiro atoms. The van der Waals surface area contributed by atoms with Gasteiger partial charge in [0.1, 0.15) is 5.69 Å². The van der Waals surface area contributed by atoms with Crippen LogP contribution < -0.4 is 4.74 Å². The minimum Gasteiger partial charge on any atom is -0.481 e. The van der Waals surface area contributed by atoms with E-state index >= 15 is 0 Å². The second-order valence-corrected chi connectivity index (χ2v) is 2.40. The van der Waals surface area contributed by atoms with Crippen molar-refractivity contribution in [3.63, 3.8) is 0 Å². The summed E-state index contributed by atoms with van der Waals surface area (Å²) in [5.41, 5.74) is -0.0226. The smallest absolute Gasteiger partial charge is 0.280 e. The van der Waals surface area contributed by atoms with Gasteiger partial charge in [0, 0.05) is 6.07 Å². The Balaban J connectivity index is 3.07. The van der Waals surface area contributed by atoms with Crippen LogP contribution >= 0.6 is 0 Å². The van der Waals surface area contributed by atoms with Gasteiger partial charge in [-0.1, -0.05) is 0 Å². The molecule has 1 N–H and O–H groups in total. The van der Waals surface area contributed by atoms with Crippen LogP contribution in [0.2, 0.25) is 0 Å². The van der Waals surface area contributed by atoms with Crippen molar-refractivity contribution < 1.29 is 18.6 Å². The van der Waals surface area contributed by atoms with Crippen molar-refractivity contribution in [1.82, 2.24) is 4.98 Å². The van der Waals surface area contributed by atoms with Crippen molar-refractivity contribution >= 4 is 0 Å². The molecule has 1 rings (SSSR count).